The fourth-order valence-corrected chi connectivity index (χ4v) is 6.65. The van der Waals surface area contributed by atoms with Gasteiger partial charge in [0.15, 0.2) is 34.7 Å². The predicted octanol–water partition coefficient (Wildman–Crippen LogP) is 1.06. The third-order valence-corrected chi connectivity index (χ3v) is 8.34. The number of aromatic hydroxyl groups is 1. The number of methoxy groups -OCH3 is 1. The quantitative estimate of drug-likeness (QED) is 0.476. The lowest BCUT2D eigenvalue weighted by atomic mass is 9.53. The van der Waals surface area contributed by atoms with Gasteiger partial charge in [-0.3, -0.25) is 24.0 Å². The fourth-order valence-electron chi connectivity index (χ4n) is 6.65. The van der Waals surface area contributed by atoms with E-state index in [0.717, 1.165) is 5.56 Å². The summed E-state index contributed by atoms with van der Waals surface area (Å²) < 4.78 is 5.61. The van der Waals surface area contributed by atoms with Crippen LogP contribution in [-0.2, 0) is 32.1 Å². The number of hydrogen-bond donors (Lipinski definition) is 3. The van der Waals surface area contributed by atoms with Crippen molar-refractivity contribution in [3.8, 4) is 22.6 Å². The van der Waals surface area contributed by atoms with Crippen LogP contribution >= 0.6 is 0 Å². The Morgan fingerprint density at radius 3 is 2.44 bits per heavy atom. The summed E-state index contributed by atoms with van der Waals surface area (Å²) >= 11 is 0. The first-order valence-corrected chi connectivity index (χ1v) is 12.7. The van der Waals surface area contributed by atoms with E-state index < -0.39 is 58.3 Å². The van der Waals surface area contributed by atoms with Gasteiger partial charge in [-0.15, -0.1) is 0 Å². The molecule has 0 saturated heterocycles. The van der Waals surface area contributed by atoms with Crippen LogP contribution in [0, 0.1) is 23.7 Å². The Balaban J connectivity index is 1.62. The maximum Gasteiger partial charge on any atom is 0.235 e. The second-order valence-electron chi connectivity index (χ2n) is 11.0. The first-order valence-electron chi connectivity index (χ1n) is 12.7. The number of ketones is 4. The van der Waals surface area contributed by atoms with Gasteiger partial charge in [0.1, 0.15) is 11.5 Å². The van der Waals surface area contributed by atoms with Crippen LogP contribution in [0.1, 0.15) is 34.3 Å². The van der Waals surface area contributed by atoms with Gasteiger partial charge in [-0.05, 0) is 67.7 Å². The predicted molar refractivity (Wildman–Crippen MR) is 138 cm³/mol. The van der Waals surface area contributed by atoms with E-state index in [1.54, 1.807) is 6.07 Å². The van der Waals surface area contributed by atoms with Gasteiger partial charge in [0.25, 0.3) is 0 Å². The topological polar surface area (TPSA) is 164 Å². The molecule has 0 radical (unpaired) electrons. The third-order valence-electron chi connectivity index (χ3n) is 8.34. The molecule has 5 rings (SSSR count). The van der Waals surface area contributed by atoms with Gasteiger partial charge < -0.3 is 25.6 Å². The number of hydrogen-bond acceptors (Lipinski definition) is 9. The molecule has 3 aliphatic rings. The number of phenolic OH excluding ortho intramolecular Hbond substituents is 1. The second kappa shape index (κ2) is 9.39. The van der Waals surface area contributed by atoms with Gasteiger partial charge in [0.2, 0.25) is 5.91 Å². The van der Waals surface area contributed by atoms with E-state index in [4.69, 9.17) is 10.5 Å². The van der Waals surface area contributed by atoms with E-state index in [9.17, 15) is 34.2 Å². The van der Waals surface area contributed by atoms with Crippen molar-refractivity contribution in [2.75, 3.05) is 21.2 Å². The SMILES string of the molecule is COc1ccc(CN(C)C)cc1-c1ccc(O)c2c1C[C@H]1C[C@H]3CC(=O)C(C(N)=O)C(=O)[C@@]3(O)C(=O)C1C2=O. The minimum absolute atomic E-state index is 0.0357. The molecule has 2 aromatic rings. The summed E-state index contributed by atoms with van der Waals surface area (Å²) in [4.78, 5) is 67.0. The smallest absolute Gasteiger partial charge is 0.235 e. The Morgan fingerprint density at radius 2 is 1.79 bits per heavy atom. The highest BCUT2D eigenvalue weighted by Crippen LogP contribution is 2.51. The molecule has 204 valence electrons. The highest BCUT2D eigenvalue weighted by molar-refractivity contribution is 6.31. The molecule has 0 heterocycles. The molecule has 2 saturated carbocycles. The number of nitrogens with zero attached hydrogens (tertiary/aromatic N) is 1. The molecule has 10 nitrogen and oxygen atoms in total. The number of phenols is 1. The fraction of sp³-hybridized carbons (Fsp3) is 0.414. The number of ether oxygens (including phenoxy) is 1. The van der Waals surface area contributed by atoms with Crippen LogP contribution in [0.2, 0.25) is 0 Å². The lowest BCUT2D eigenvalue weighted by molar-refractivity contribution is -0.175. The number of carbonyl (C=O) groups excluding carboxylic acids is 5. The summed E-state index contributed by atoms with van der Waals surface area (Å²) in [5.74, 6) is -9.78. The van der Waals surface area contributed by atoms with Gasteiger partial charge in [0, 0.05) is 24.4 Å². The standard InChI is InChI=1S/C29H30N2O8/c1-31(2)12-13-4-7-21(39-3)17(8-13)16-5-6-19(32)23-18(16)10-14-9-15-11-20(33)24(28(30)37)27(36)29(15,38)26(35)22(14)25(23)34/h4-8,14-15,22,24,32,38H,9-12H2,1-3H3,(H2,30,37)/t14-,15+,22?,24?,29+/m1/s1. The largest absolute Gasteiger partial charge is 0.507 e. The highest BCUT2D eigenvalue weighted by Gasteiger charge is 2.66. The number of amides is 1. The Bertz CT molecular complexity index is 1450. The Morgan fingerprint density at radius 1 is 1.08 bits per heavy atom. The summed E-state index contributed by atoms with van der Waals surface area (Å²) in [6.07, 6.45) is -0.149. The zero-order chi connectivity index (χ0) is 28.4. The van der Waals surface area contributed by atoms with E-state index in [2.05, 4.69) is 0 Å². The number of Topliss-reactive ketones (excluding diaryl/α,β-unsaturated/α-hetero) is 4. The summed E-state index contributed by atoms with van der Waals surface area (Å²) in [6, 6.07) is 8.80. The van der Waals surface area contributed by atoms with E-state index in [1.807, 2.05) is 37.2 Å². The Labute approximate surface area is 224 Å². The molecule has 3 aliphatic carbocycles. The molecular weight excluding hydrogens is 504 g/mol. The molecule has 5 atom stereocenters. The molecule has 39 heavy (non-hydrogen) atoms. The van der Waals surface area contributed by atoms with E-state index in [1.165, 1.54) is 13.2 Å². The van der Waals surface area contributed by atoms with E-state index in [-0.39, 0.29) is 30.6 Å². The zero-order valence-corrected chi connectivity index (χ0v) is 21.9. The summed E-state index contributed by atoms with van der Waals surface area (Å²) in [7, 11) is 5.42. The van der Waals surface area contributed by atoms with Crippen LogP contribution in [0.5, 0.6) is 11.5 Å². The van der Waals surface area contributed by atoms with Gasteiger partial charge in [-0.1, -0.05) is 12.1 Å². The van der Waals surface area contributed by atoms with Crippen molar-refractivity contribution in [3.05, 3.63) is 47.0 Å². The van der Waals surface area contributed by atoms with Crippen LogP contribution in [-0.4, -0.2) is 71.0 Å². The summed E-state index contributed by atoms with van der Waals surface area (Å²) in [6.45, 7) is 0.657. The van der Waals surface area contributed by atoms with E-state index >= 15 is 0 Å². The van der Waals surface area contributed by atoms with Crippen molar-refractivity contribution in [3.63, 3.8) is 0 Å². The third kappa shape index (κ3) is 3.97. The van der Waals surface area contributed by atoms with E-state index in [0.29, 0.717) is 29.0 Å². The van der Waals surface area contributed by atoms with Crippen LogP contribution in [0.15, 0.2) is 30.3 Å². The molecule has 0 aliphatic heterocycles. The van der Waals surface area contributed by atoms with Crippen LogP contribution in [0.25, 0.3) is 11.1 Å². The maximum absolute atomic E-state index is 13.8. The van der Waals surface area contributed by atoms with Crippen molar-refractivity contribution >= 4 is 29.0 Å². The number of aliphatic hydroxyl groups is 1. The average molecular weight is 535 g/mol. The first-order chi connectivity index (χ1) is 18.4. The number of rotatable bonds is 5. The van der Waals surface area contributed by atoms with Gasteiger partial charge in [-0.2, -0.15) is 0 Å². The molecule has 4 N–H and O–H groups in total. The minimum atomic E-state index is -2.67. The van der Waals surface area contributed by atoms with Crippen molar-refractivity contribution in [2.24, 2.45) is 29.4 Å². The number of fused-ring (bicyclic) bond motifs is 3. The Kier molecular flexibility index (Phi) is 6.43. The van der Waals surface area contributed by atoms with Crippen molar-refractivity contribution in [1.82, 2.24) is 4.90 Å². The maximum atomic E-state index is 13.8. The van der Waals surface area contributed by atoms with Gasteiger partial charge >= 0.3 is 0 Å². The van der Waals surface area contributed by atoms with Crippen molar-refractivity contribution in [2.45, 2.75) is 31.4 Å². The van der Waals surface area contributed by atoms with Crippen LogP contribution in [0.4, 0.5) is 0 Å². The normalized spacial score (nSPS) is 28.1. The summed E-state index contributed by atoms with van der Waals surface area (Å²) in [5.41, 5.74) is 5.42. The Hall–Kier alpha value is -3.89. The lowest BCUT2D eigenvalue weighted by Crippen LogP contribution is -2.68. The molecule has 2 fully saturated rings. The average Bonchev–Trinajstić information content (AvgIpc) is 2.85. The molecule has 2 unspecified atom stereocenters. The molecule has 10 heteroatoms. The number of carbonyl (C=O) groups is 5. The molecule has 2 aromatic carbocycles. The molecule has 0 spiro atoms. The zero-order valence-electron chi connectivity index (χ0n) is 21.9. The van der Waals surface area contributed by atoms with Gasteiger partial charge in [-0.25, -0.2) is 0 Å². The monoisotopic (exact) mass is 534 g/mol. The minimum Gasteiger partial charge on any atom is -0.507 e. The van der Waals surface area contributed by atoms with Crippen LogP contribution in [0.3, 0.4) is 0 Å². The summed E-state index contributed by atoms with van der Waals surface area (Å²) in [5, 5.41) is 22.1. The molecule has 0 bridgehead atoms. The molecule has 1 amide bonds. The van der Waals surface area contributed by atoms with Crippen molar-refractivity contribution in [1.29, 1.82) is 0 Å². The van der Waals surface area contributed by atoms with Gasteiger partial charge in [0.05, 0.1) is 18.6 Å². The number of nitrogens with two attached hydrogens (primary N) is 1. The molecular formula is C29H30N2O8. The van der Waals surface area contributed by atoms with Crippen molar-refractivity contribution < 1.29 is 38.9 Å². The molecule has 0 aromatic heterocycles. The first kappa shape index (κ1) is 26.7. The number of benzene rings is 2. The number of primary amides is 1. The second-order valence-corrected chi connectivity index (χ2v) is 11.0. The lowest BCUT2D eigenvalue weighted by Gasteiger charge is -2.48. The van der Waals surface area contributed by atoms with Crippen LogP contribution < -0.4 is 10.5 Å². The highest BCUT2D eigenvalue weighted by atomic mass is 16.5.